The molecule has 7 heteroatoms. The molecule has 3 heterocycles. The molecule has 1 fully saturated rings. The van der Waals surface area contributed by atoms with E-state index in [1.807, 2.05) is 44.3 Å². The number of benzene rings is 1. The molecule has 3 aromatic rings. The molecule has 0 unspecified atom stereocenters. The van der Waals surface area contributed by atoms with Gasteiger partial charge in [-0.05, 0) is 68.0 Å². The molecule has 0 amide bonds. The van der Waals surface area contributed by atoms with Crippen LogP contribution < -0.4 is 16.0 Å². The number of ether oxygens (including phenoxy) is 1. The van der Waals surface area contributed by atoms with Crippen molar-refractivity contribution in [3.63, 3.8) is 0 Å². The molecule has 1 N–H and O–H groups in total. The predicted molar refractivity (Wildman–Crippen MR) is 148 cm³/mol. The Morgan fingerprint density at radius 1 is 1.27 bits per heavy atom. The Labute approximate surface area is 215 Å². The van der Waals surface area contributed by atoms with Crippen LogP contribution in [0.4, 0.5) is 0 Å². The molecule has 5 rings (SSSR count). The quantitative estimate of drug-likeness (QED) is 0.530. The SMILES string of the molecule is C=C(C=N/C(C)=C\C)c1ccc(Cc2cc3c(=O)n([C@H]4COCC[C@@H]4O)cnc3c3c2=CCCC=3)cn1. The number of rotatable bonds is 6. The molecule has 37 heavy (non-hydrogen) atoms. The molecule has 2 atom stereocenters. The summed E-state index contributed by atoms with van der Waals surface area (Å²) >= 11 is 0. The zero-order valence-electron chi connectivity index (χ0n) is 21.4. The number of aliphatic hydroxyl groups is 1. The third-order valence-corrected chi connectivity index (χ3v) is 7.14. The molecule has 7 nitrogen and oxygen atoms in total. The van der Waals surface area contributed by atoms with Crippen LogP contribution in [-0.2, 0) is 11.2 Å². The van der Waals surface area contributed by atoms with E-state index in [1.165, 1.54) is 4.57 Å². The van der Waals surface area contributed by atoms with Crippen LogP contribution in [0.2, 0.25) is 0 Å². The second kappa shape index (κ2) is 10.7. The minimum Gasteiger partial charge on any atom is -0.391 e. The fourth-order valence-electron chi connectivity index (χ4n) is 4.90. The summed E-state index contributed by atoms with van der Waals surface area (Å²) in [7, 11) is 0. The van der Waals surface area contributed by atoms with Crippen molar-refractivity contribution < 1.29 is 9.84 Å². The van der Waals surface area contributed by atoms with Crippen molar-refractivity contribution in [2.24, 2.45) is 4.99 Å². The van der Waals surface area contributed by atoms with Gasteiger partial charge in [-0.3, -0.25) is 19.3 Å². The summed E-state index contributed by atoms with van der Waals surface area (Å²) in [4.78, 5) is 27.3. The average Bonchev–Trinajstić information content (AvgIpc) is 2.93. The fraction of sp³-hybridized carbons (Fsp3) is 0.333. The highest BCUT2D eigenvalue weighted by Gasteiger charge is 2.27. The topological polar surface area (TPSA) is 89.6 Å². The molecule has 1 aromatic carbocycles. The number of pyridine rings is 1. The Balaban J connectivity index is 1.52. The van der Waals surface area contributed by atoms with Gasteiger partial charge in [-0.15, -0.1) is 0 Å². The van der Waals surface area contributed by atoms with Crippen LogP contribution in [0.1, 0.15) is 56.0 Å². The average molecular weight is 497 g/mol. The number of hydrogen-bond donors (Lipinski definition) is 1. The van der Waals surface area contributed by atoms with Crippen LogP contribution in [0.15, 0.2) is 58.9 Å². The van der Waals surface area contributed by atoms with Crippen molar-refractivity contribution in [3.8, 4) is 0 Å². The van der Waals surface area contributed by atoms with Crippen molar-refractivity contribution in [3.05, 3.63) is 86.7 Å². The summed E-state index contributed by atoms with van der Waals surface area (Å²) in [6, 6.07) is 5.53. The number of fused-ring (bicyclic) bond motifs is 3. The van der Waals surface area contributed by atoms with Crippen molar-refractivity contribution in [1.29, 1.82) is 0 Å². The lowest BCUT2D eigenvalue weighted by Crippen LogP contribution is -2.40. The van der Waals surface area contributed by atoms with Gasteiger partial charge in [-0.1, -0.05) is 30.9 Å². The lowest BCUT2D eigenvalue weighted by Gasteiger charge is -2.29. The highest BCUT2D eigenvalue weighted by atomic mass is 16.5. The molecule has 1 saturated heterocycles. The molecule has 1 aliphatic heterocycles. The molecular formula is C30H32N4O3. The first-order chi connectivity index (χ1) is 18.0. The highest BCUT2D eigenvalue weighted by molar-refractivity contribution is 6.08. The van der Waals surface area contributed by atoms with Crippen molar-refractivity contribution >= 4 is 34.8 Å². The van der Waals surface area contributed by atoms with E-state index in [9.17, 15) is 9.90 Å². The van der Waals surface area contributed by atoms with Crippen LogP contribution in [-0.4, -0.2) is 45.2 Å². The van der Waals surface area contributed by atoms with Gasteiger partial charge in [0.15, 0.2) is 0 Å². The molecule has 190 valence electrons. The lowest BCUT2D eigenvalue weighted by atomic mass is 9.96. The molecule has 0 spiro atoms. The van der Waals surface area contributed by atoms with Gasteiger partial charge in [0.05, 0.1) is 41.7 Å². The van der Waals surface area contributed by atoms with E-state index in [0.717, 1.165) is 51.4 Å². The van der Waals surface area contributed by atoms with E-state index in [4.69, 9.17) is 4.74 Å². The third kappa shape index (κ3) is 5.10. The van der Waals surface area contributed by atoms with E-state index in [-0.39, 0.29) is 5.56 Å². The number of aliphatic imine (C=N–C) groups is 1. The molecule has 2 aromatic heterocycles. The van der Waals surface area contributed by atoms with E-state index < -0.39 is 12.1 Å². The van der Waals surface area contributed by atoms with Crippen LogP contribution in [0.3, 0.4) is 0 Å². The second-order valence-corrected chi connectivity index (χ2v) is 9.64. The number of aliphatic hydroxyl groups excluding tert-OH is 1. The smallest absolute Gasteiger partial charge is 0.261 e. The first kappa shape index (κ1) is 25.0. The zero-order valence-corrected chi connectivity index (χ0v) is 21.4. The summed E-state index contributed by atoms with van der Waals surface area (Å²) < 4.78 is 7.08. The van der Waals surface area contributed by atoms with Crippen LogP contribution >= 0.6 is 0 Å². The van der Waals surface area contributed by atoms with Gasteiger partial charge >= 0.3 is 0 Å². The van der Waals surface area contributed by atoms with Gasteiger partial charge in [0.25, 0.3) is 5.56 Å². The minimum absolute atomic E-state index is 0.150. The van der Waals surface area contributed by atoms with E-state index in [0.29, 0.717) is 37.0 Å². The Kier molecular flexibility index (Phi) is 7.26. The van der Waals surface area contributed by atoms with Crippen LogP contribution in [0.5, 0.6) is 0 Å². The molecule has 0 radical (unpaired) electrons. The maximum absolute atomic E-state index is 13.6. The van der Waals surface area contributed by atoms with Gasteiger partial charge in [-0.2, -0.15) is 0 Å². The Morgan fingerprint density at radius 3 is 2.81 bits per heavy atom. The largest absolute Gasteiger partial charge is 0.391 e. The Hall–Kier alpha value is -3.68. The van der Waals surface area contributed by atoms with Crippen molar-refractivity contribution in [2.45, 2.75) is 51.7 Å². The summed E-state index contributed by atoms with van der Waals surface area (Å²) in [6.07, 6.45) is 13.9. The monoisotopic (exact) mass is 496 g/mol. The zero-order chi connectivity index (χ0) is 25.9. The highest BCUT2D eigenvalue weighted by Crippen LogP contribution is 2.19. The Bertz CT molecular complexity index is 1580. The second-order valence-electron chi connectivity index (χ2n) is 9.64. The van der Waals surface area contributed by atoms with Gasteiger partial charge in [0, 0.05) is 35.5 Å². The number of allylic oxidation sites excluding steroid dienone is 3. The molecule has 2 aliphatic rings. The van der Waals surface area contributed by atoms with E-state index in [2.05, 4.69) is 33.7 Å². The van der Waals surface area contributed by atoms with Crippen molar-refractivity contribution in [1.82, 2.24) is 14.5 Å². The number of nitrogens with zero attached hydrogens (tertiary/aromatic N) is 4. The lowest BCUT2D eigenvalue weighted by molar-refractivity contribution is -0.0303. The number of aromatic nitrogens is 3. The van der Waals surface area contributed by atoms with E-state index in [1.54, 1.807) is 12.5 Å². The molecule has 1 aliphatic carbocycles. The maximum atomic E-state index is 13.6. The maximum Gasteiger partial charge on any atom is 0.261 e. The van der Waals surface area contributed by atoms with E-state index >= 15 is 0 Å². The summed E-state index contributed by atoms with van der Waals surface area (Å²) in [5.74, 6) is 0. The molecule has 0 bridgehead atoms. The minimum atomic E-state index is -0.631. The van der Waals surface area contributed by atoms with Gasteiger partial charge in [-0.25, -0.2) is 4.98 Å². The first-order valence-electron chi connectivity index (χ1n) is 12.8. The summed E-state index contributed by atoms with van der Waals surface area (Å²) in [5.41, 5.74) is 5.11. The fourth-order valence-corrected chi connectivity index (χ4v) is 4.90. The standard InChI is InChI=1S/C30H32N4O3/c1-4-20(3)31-15-19(2)26-10-9-21(16-32-26)13-22-14-25-29(24-8-6-5-7-23(22)24)33-18-34(30(25)36)27-17-37-12-11-28(27)35/h4,7-10,14-16,18,27-28,35H,2,5-6,11-13,17H2,1,3H3/b20-4-,31-15?/t27-,28-/m0/s1. The van der Waals surface area contributed by atoms with Gasteiger partial charge in [0.1, 0.15) is 0 Å². The summed E-state index contributed by atoms with van der Waals surface area (Å²) in [5, 5.41) is 13.2. The summed E-state index contributed by atoms with van der Waals surface area (Å²) in [6.45, 7) is 8.76. The Morgan fingerprint density at radius 2 is 2.08 bits per heavy atom. The van der Waals surface area contributed by atoms with Gasteiger partial charge < -0.3 is 9.84 Å². The van der Waals surface area contributed by atoms with Crippen LogP contribution in [0.25, 0.3) is 28.6 Å². The van der Waals surface area contributed by atoms with Gasteiger partial charge in [0.2, 0.25) is 0 Å². The van der Waals surface area contributed by atoms with Crippen LogP contribution in [0, 0.1) is 0 Å². The number of hydrogen-bond acceptors (Lipinski definition) is 6. The third-order valence-electron chi connectivity index (χ3n) is 7.14. The molecule has 0 saturated carbocycles. The van der Waals surface area contributed by atoms with Crippen molar-refractivity contribution in [2.75, 3.05) is 13.2 Å². The predicted octanol–water partition coefficient (Wildman–Crippen LogP) is 3.07. The normalized spacial score (nSPS) is 19.9. The first-order valence-corrected chi connectivity index (χ1v) is 12.8. The molecular weight excluding hydrogens is 464 g/mol.